The lowest BCUT2D eigenvalue weighted by Gasteiger charge is -2.11. The van der Waals surface area contributed by atoms with Gasteiger partial charge in [-0.15, -0.1) is 0 Å². The van der Waals surface area contributed by atoms with Crippen LogP contribution < -0.4 is 5.69 Å². The summed E-state index contributed by atoms with van der Waals surface area (Å²) in [5, 5.41) is 9.74. The van der Waals surface area contributed by atoms with Gasteiger partial charge in [0.05, 0.1) is 33.7 Å². The zero-order valence-corrected chi connectivity index (χ0v) is 17.2. The number of carbonyl (C=O) groups is 1. The SMILES string of the molecule is CCn1c(=O)n(CC(F)F)c2cc(Br)c(C(=O)c3cc(F)ccc3Cl)c(C#N)c21. The van der Waals surface area contributed by atoms with Crippen molar-refractivity contribution in [3.8, 4) is 6.07 Å². The number of nitriles is 1. The first-order chi connectivity index (χ1) is 13.7. The molecule has 1 aromatic heterocycles. The number of halogens is 5. The Balaban J connectivity index is 2.40. The fraction of sp³-hybridized carbons (Fsp3) is 0.211. The minimum Gasteiger partial charge on any atom is -0.291 e. The topological polar surface area (TPSA) is 67.8 Å². The first-order valence-corrected chi connectivity index (χ1v) is 9.51. The van der Waals surface area contributed by atoms with E-state index in [1.807, 2.05) is 6.07 Å². The molecule has 10 heteroatoms. The van der Waals surface area contributed by atoms with Gasteiger partial charge in [-0.3, -0.25) is 13.9 Å². The van der Waals surface area contributed by atoms with Crippen molar-refractivity contribution in [1.82, 2.24) is 9.13 Å². The summed E-state index contributed by atoms with van der Waals surface area (Å²) >= 11 is 9.21. The highest BCUT2D eigenvalue weighted by molar-refractivity contribution is 9.10. The fourth-order valence-electron chi connectivity index (χ4n) is 3.19. The average Bonchev–Trinajstić information content (AvgIpc) is 2.92. The third-order valence-corrected chi connectivity index (χ3v) is 5.36. The van der Waals surface area contributed by atoms with Crippen molar-refractivity contribution < 1.29 is 18.0 Å². The number of alkyl halides is 2. The molecule has 0 unspecified atom stereocenters. The van der Waals surface area contributed by atoms with Crippen molar-refractivity contribution in [2.24, 2.45) is 0 Å². The van der Waals surface area contributed by atoms with Gasteiger partial charge < -0.3 is 0 Å². The highest BCUT2D eigenvalue weighted by Gasteiger charge is 2.27. The minimum atomic E-state index is -2.79. The number of hydrogen-bond acceptors (Lipinski definition) is 3. The Labute approximate surface area is 176 Å². The normalized spacial score (nSPS) is 11.2. The summed E-state index contributed by atoms with van der Waals surface area (Å²) in [7, 11) is 0. The third-order valence-electron chi connectivity index (χ3n) is 4.40. The lowest BCUT2D eigenvalue weighted by molar-refractivity contribution is 0.103. The maximum Gasteiger partial charge on any atom is 0.329 e. The molecule has 2 aromatic carbocycles. The van der Waals surface area contributed by atoms with Crippen molar-refractivity contribution in [2.45, 2.75) is 26.4 Å². The molecule has 0 amide bonds. The van der Waals surface area contributed by atoms with Crippen molar-refractivity contribution in [2.75, 3.05) is 0 Å². The molecule has 1 heterocycles. The molecular formula is C19H12BrClF3N3O2. The van der Waals surface area contributed by atoms with Gasteiger partial charge in [-0.25, -0.2) is 18.0 Å². The van der Waals surface area contributed by atoms with E-state index in [1.54, 1.807) is 6.92 Å². The molecule has 0 aliphatic carbocycles. The fourth-order valence-corrected chi connectivity index (χ4v) is 3.99. The van der Waals surface area contributed by atoms with E-state index in [-0.39, 0.29) is 43.8 Å². The molecule has 150 valence electrons. The van der Waals surface area contributed by atoms with Gasteiger partial charge in [0, 0.05) is 16.6 Å². The monoisotopic (exact) mass is 485 g/mol. The van der Waals surface area contributed by atoms with Crippen LogP contribution in [0.1, 0.15) is 28.4 Å². The summed E-state index contributed by atoms with van der Waals surface area (Å²) in [5.74, 6) is -1.43. The molecule has 0 N–H and O–H groups in total. The third kappa shape index (κ3) is 3.58. The van der Waals surface area contributed by atoms with Crippen molar-refractivity contribution >= 4 is 44.3 Å². The summed E-state index contributed by atoms with van der Waals surface area (Å²) in [6, 6.07) is 6.45. The van der Waals surface area contributed by atoms with Gasteiger partial charge in [0.2, 0.25) is 0 Å². The Bertz CT molecular complexity index is 1240. The second-order valence-electron chi connectivity index (χ2n) is 6.07. The summed E-state index contributed by atoms with van der Waals surface area (Å²) in [5.41, 5.74) is -1.07. The van der Waals surface area contributed by atoms with Crippen molar-refractivity contribution in [1.29, 1.82) is 5.26 Å². The van der Waals surface area contributed by atoms with Crippen LogP contribution in [0.3, 0.4) is 0 Å². The van der Waals surface area contributed by atoms with Crippen molar-refractivity contribution in [3.63, 3.8) is 0 Å². The second kappa shape index (κ2) is 8.05. The van der Waals surface area contributed by atoms with Crippen LogP contribution in [0.2, 0.25) is 5.02 Å². The number of fused-ring (bicyclic) bond motifs is 1. The zero-order valence-electron chi connectivity index (χ0n) is 14.8. The molecule has 0 fully saturated rings. The van der Waals surface area contributed by atoms with Crippen molar-refractivity contribution in [3.05, 3.63) is 66.8 Å². The van der Waals surface area contributed by atoms with Gasteiger partial charge in [0.25, 0.3) is 6.43 Å². The molecule has 0 radical (unpaired) electrons. The highest BCUT2D eigenvalue weighted by Crippen LogP contribution is 2.33. The standard InChI is InChI=1S/C19H12BrClF3N3O2/c1-2-26-17-11(7-25)16(18(28)10-5-9(22)3-4-13(10)21)12(20)6-14(17)27(19(26)29)8-15(23)24/h3-6,15H,2,8H2,1H3. The molecule has 0 bridgehead atoms. The van der Waals surface area contributed by atoms with E-state index in [0.29, 0.717) is 0 Å². The summed E-state index contributed by atoms with van der Waals surface area (Å²) in [6.07, 6.45) is -2.79. The highest BCUT2D eigenvalue weighted by atomic mass is 79.9. The molecule has 3 aromatic rings. The Morgan fingerprint density at radius 1 is 1.31 bits per heavy atom. The number of ketones is 1. The molecule has 29 heavy (non-hydrogen) atoms. The van der Waals surface area contributed by atoms with Gasteiger partial charge in [-0.05, 0) is 47.1 Å². The van der Waals surface area contributed by atoms with Crippen LogP contribution in [0.4, 0.5) is 13.2 Å². The lowest BCUT2D eigenvalue weighted by atomic mass is 9.97. The lowest BCUT2D eigenvalue weighted by Crippen LogP contribution is -2.26. The van der Waals surface area contributed by atoms with Crippen LogP contribution in [-0.4, -0.2) is 21.3 Å². The number of rotatable bonds is 5. The van der Waals surface area contributed by atoms with E-state index < -0.39 is 30.3 Å². The molecule has 0 saturated carbocycles. The average molecular weight is 487 g/mol. The maximum absolute atomic E-state index is 13.6. The Morgan fingerprint density at radius 3 is 2.59 bits per heavy atom. The quantitative estimate of drug-likeness (QED) is 0.489. The van der Waals surface area contributed by atoms with Gasteiger partial charge in [-0.1, -0.05) is 11.6 Å². The van der Waals surface area contributed by atoms with Gasteiger partial charge >= 0.3 is 5.69 Å². The van der Waals surface area contributed by atoms with Crippen LogP contribution in [0.5, 0.6) is 0 Å². The first kappa shape index (κ1) is 21.1. The van der Waals surface area contributed by atoms with Gasteiger partial charge in [0.1, 0.15) is 11.9 Å². The molecule has 5 nitrogen and oxygen atoms in total. The Hall–Kier alpha value is -2.57. The molecule has 0 aliphatic rings. The van der Waals surface area contributed by atoms with Crippen LogP contribution >= 0.6 is 27.5 Å². The van der Waals surface area contributed by atoms with Crippen LogP contribution in [0.15, 0.2) is 33.5 Å². The van der Waals surface area contributed by atoms with Crippen LogP contribution in [0, 0.1) is 17.1 Å². The zero-order chi connectivity index (χ0) is 21.5. The van der Waals surface area contributed by atoms with E-state index >= 15 is 0 Å². The Kier molecular flexibility index (Phi) is 5.87. The van der Waals surface area contributed by atoms with E-state index in [2.05, 4.69) is 15.9 Å². The largest absolute Gasteiger partial charge is 0.329 e. The van der Waals surface area contributed by atoms with E-state index in [9.17, 15) is 28.0 Å². The number of hydrogen-bond donors (Lipinski definition) is 0. The summed E-state index contributed by atoms with van der Waals surface area (Å²) in [6.45, 7) is 0.848. The molecule has 3 rings (SSSR count). The number of aryl methyl sites for hydroxylation is 1. The first-order valence-electron chi connectivity index (χ1n) is 8.34. The second-order valence-corrected chi connectivity index (χ2v) is 7.33. The van der Waals surface area contributed by atoms with E-state index in [1.165, 1.54) is 12.1 Å². The number of nitrogens with zero attached hydrogens (tertiary/aromatic N) is 3. The van der Waals surface area contributed by atoms with Gasteiger partial charge in [0.15, 0.2) is 5.78 Å². The molecule has 0 spiro atoms. The number of imidazole rings is 1. The number of carbonyl (C=O) groups excluding carboxylic acids is 1. The number of benzene rings is 2. The van der Waals surface area contributed by atoms with Gasteiger partial charge in [-0.2, -0.15) is 5.26 Å². The predicted octanol–water partition coefficient (Wildman–Crippen LogP) is 4.75. The summed E-state index contributed by atoms with van der Waals surface area (Å²) in [4.78, 5) is 25.7. The minimum absolute atomic E-state index is 0.0181. The molecule has 0 aliphatic heterocycles. The molecule has 0 atom stereocenters. The maximum atomic E-state index is 13.6. The van der Waals surface area contributed by atoms with E-state index in [4.69, 9.17) is 11.6 Å². The molecule has 0 saturated heterocycles. The van der Waals surface area contributed by atoms with Crippen LogP contribution in [-0.2, 0) is 13.1 Å². The predicted molar refractivity (Wildman–Crippen MR) is 105 cm³/mol. The van der Waals surface area contributed by atoms with Crippen LogP contribution in [0.25, 0.3) is 11.0 Å². The smallest absolute Gasteiger partial charge is 0.291 e. The summed E-state index contributed by atoms with van der Waals surface area (Å²) < 4.78 is 41.7. The van der Waals surface area contributed by atoms with E-state index in [0.717, 1.165) is 21.3 Å². The Morgan fingerprint density at radius 2 is 2.00 bits per heavy atom. The molecular weight excluding hydrogens is 475 g/mol. The number of aromatic nitrogens is 2.